The smallest absolute Gasteiger partial charge is 0.326 e. The Kier molecular flexibility index (Phi) is 5.70. The lowest BCUT2D eigenvalue weighted by atomic mass is 10.1. The Morgan fingerprint density at radius 3 is 2.58 bits per heavy atom. The Morgan fingerprint density at radius 1 is 1.13 bits per heavy atom. The zero-order valence-electron chi connectivity index (χ0n) is 15.8. The molecule has 0 saturated carbocycles. The largest absolute Gasteiger partial charge is 0.454 e. The van der Waals surface area contributed by atoms with Crippen molar-refractivity contribution in [3.63, 3.8) is 0 Å². The number of furan rings is 1. The molecule has 0 atom stereocenters. The van der Waals surface area contributed by atoms with Gasteiger partial charge in [-0.2, -0.15) is 0 Å². The van der Waals surface area contributed by atoms with Gasteiger partial charge in [0.05, 0.1) is 16.4 Å². The highest BCUT2D eigenvalue weighted by atomic mass is 35.5. The Hall–Kier alpha value is -3.69. The van der Waals surface area contributed by atoms with Crippen LogP contribution in [-0.4, -0.2) is 15.5 Å². The van der Waals surface area contributed by atoms with E-state index in [1.54, 1.807) is 17.5 Å². The third-order valence-electron chi connectivity index (χ3n) is 4.43. The average molecular weight is 456 g/mol. The van der Waals surface area contributed by atoms with Crippen LogP contribution in [0.4, 0.5) is 5.69 Å². The van der Waals surface area contributed by atoms with Crippen molar-refractivity contribution in [1.82, 2.24) is 4.68 Å². The van der Waals surface area contributed by atoms with Crippen LogP contribution in [0.5, 0.6) is 0 Å². The summed E-state index contributed by atoms with van der Waals surface area (Å²) in [6.07, 6.45) is 0.115. The minimum atomic E-state index is -0.536. The summed E-state index contributed by atoms with van der Waals surface area (Å²) in [7, 11) is 0. The van der Waals surface area contributed by atoms with Gasteiger partial charge in [0.15, 0.2) is 5.76 Å². The first-order chi connectivity index (χ1) is 14.9. The lowest BCUT2D eigenvalue weighted by Crippen LogP contribution is -2.31. The summed E-state index contributed by atoms with van der Waals surface area (Å²) in [5, 5.41) is 12.6. The van der Waals surface area contributed by atoms with Crippen LogP contribution in [0.1, 0.15) is 5.56 Å². The maximum Gasteiger partial charge on any atom is 0.326 e. The number of carbonyl (C=O) groups excluding carboxylic acids is 1. The summed E-state index contributed by atoms with van der Waals surface area (Å²) in [5.41, 5.74) is 4.13. The Balaban J connectivity index is 1.59. The van der Waals surface area contributed by atoms with Crippen molar-refractivity contribution in [2.45, 2.75) is 6.42 Å². The highest BCUT2D eigenvalue weighted by molar-refractivity contribution is 7.07. The number of hydrogen-bond donors (Lipinski definition) is 1. The van der Waals surface area contributed by atoms with Crippen LogP contribution in [0.15, 0.2) is 75.3 Å². The maximum absolute atomic E-state index is 12.4. The van der Waals surface area contributed by atoms with Gasteiger partial charge in [0.25, 0.3) is 5.69 Å². The molecule has 8 nitrogen and oxygen atoms in total. The zero-order chi connectivity index (χ0) is 22.0. The summed E-state index contributed by atoms with van der Waals surface area (Å²) in [6.45, 7) is 0. The fourth-order valence-corrected chi connectivity index (χ4v) is 3.92. The van der Waals surface area contributed by atoms with E-state index in [1.807, 2.05) is 30.3 Å². The number of benzene rings is 2. The molecule has 0 spiro atoms. The molecule has 4 rings (SSSR count). The van der Waals surface area contributed by atoms with Crippen LogP contribution >= 0.6 is 22.9 Å². The number of rotatable bonds is 6. The molecule has 0 unspecified atom stereocenters. The number of thiazole rings is 1. The third kappa shape index (κ3) is 4.42. The number of aromatic nitrogens is 1. The van der Waals surface area contributed by atoms with Gasteiger partial charge >= 0.3 is 4.87 Å². The van der Waals surface area contributed by atoms with Crippen LogP contribution in [0.25, 0.3) is 22.8 Å². The molecule has 2 aromatic carbocycles. The summed E-state index contributed by atoms with van der Waals surface area (Å²) in [6, 6.07) is 16.5. The number of carbonyl (C=O) groups is 1. The number of halogens is 1. The Labute approximate surface area is 184 Å². The van der Waals surface area contributed by atoms with Crippen LogP contribution in [0.3, 0.4) is 0 Å². The van der Waals surface area contributed by atoms with E-state index in [0.29, 0.717) is 22.8 Å². The lowest BCUT2D eigenvalue weighted by Gasteiger charge is -2.08. The van der Waals surface area contributed by atoms with E-state index in [-0.39, 0.29) is 27.9 Å². The zero-order valence-corrected chi connectivity index (χ0v) is 17.4. The number of nitro groups is 1. The van der Waals surface area contributed by atoms with Crippen molar-refractivity contribution in [2.75, 3.05) is 5.43 Å². The van der Waals surface area contributed by atoms with Crippen molar-refractivity contribution in [3.05, 3.63) is 96.4 Å². The predicted octanol–water partition coefficient (Wildman–Crippen LogP) is 4.71. The molecule has 4 aromatic rings. The molecular weight excluding hydrogens is 442 g/mol. The van der Waals surface area contributed by atoms with E-state index < -0.39 is 4.92 Å². The number of nitrogens with zero attached hydrogens (tertiary/aromatic N) is 2. The molecule has 0 radical (unpaired) electrons. The van der Waals surface area contributed by atoms with E-state index in [9.17, 15) is 19.7 Å². The molecule has 0 fully saturated rings. The monoisotopic (exact) mass is 455 g/mol. The van der Waals surface area contributed by atoms with E-state index in [2.05, 4.69) is 5.43 Å². The number of non-ortho nitro benzene ring substituents is 1. The van der Waals surface area contributed by atoms with E-state index >= 15 is 0 Å². The van der Waals surface area contributed by atoms with Gasteiger partial charge < -0.3 is 4.42 Å². The van der Waals surface area contributed by atoms with Gasteiger partial charge in [-0.05, 0) is 23.8 Å². The molecule has 0 aliphatic carbocycles. The van der Waals surface area contributed by atoms with Crippen LogP contribution in [0, 0.1) is 10.1 Å². The lowest BCUT2D eigenvalue weighted by molar-refractivity contribution is -0.384. The van der Waals surface area contributed by atoms with Crippen molar-refractivity contribution in [2.24, 2.45) is 0 Å². The molecular formula is C21H14ClN3O5S. The minimum absolute atomic E-state index is 0.115. The second-order valence-corrected chi connectivity index (χ2v) is 7.73. The number of amides is 1. The Bertz CT molecular complexity index is 1330. The first-order valence-corrected chi connectivity index (χ1v) is 10.3. The molecule has 156 valence electrons. The molecule has 2 heterocycles. The highest BCUT2D eigenvalue weighted by Crippen LogP contribution is 2.34. The quantitative estimate of drug-likeness (QED) is 0.334. The Morgan fingerprint density at radius 2 is 1.87 bits per heavy atom. The van der Waals surface area contributed by atoms with Crippen molar-refractivity contribution >= 4 is 34.5 Å². The second kappa shape index (κ2) is 8.58. The highest BCUT2D eigenvalue weighted by Gasteiger charge is 2.18. The molecule has 0 saturated heterocycles. The molecule has 0 bridgehead atoms. The number of nitrogens with one attached hydrogen (secondary N) is 1. The molecule has 1 N–H and O–H groups in total. The van der Waals surface area contributed by atoms with Crippen LogP contribution in [0.2, 0.25) is 5.02 Å². The van der Waals surface area contributed by atoms with E-state index in [4.69, 9.17) is 16.0 Å². The van der Waals surface area contributed by atoms with E-state index in [1.165, 1.54) is 18.2 Å². The van der Waals surface area contributed by atoms with Gasteiger partial charge in [-0.15, -0.1) is 0 Å². The SMILES string of the molecule is O=C(Cc1ccccc1)Nn1c(-c2ccc(-c3ccc([N+](=O)[O-])cc3Cl)o2)csc1=O. The molecule has 2 aromatic heterocycles. The number of nitro benzene ring substituents is 1. The first-order valence-electron chi connectivity index (χ1n) is 9.01. The number of hydrogen-bond acceptors (Lipinski definition) is 6. The van der Waals surface area contributed by atoms with Gasteiger partial charge in [0.2, 0.25) is 5.91 Å². The van der Waals surface area contributed by atoms with Crippen molar-refractivity contribution in [1.29, 1.82) is 0 Å². The molecule has 0 aliphatic rings. The summed E-state index contributed by atoms with van der Waals surface area (Å²) in [4.78, 5) is 34.7. The average Bonchev–Trinajstić information content (AvgIpc) is 3.36. The standard InChI is InChI=1S/C21H14ClN3O5S/c22-16-11-14(25(28)29)6-7-15(16)18-8-9-19(30-18)17-12-31-21(27)24(17)23-20(26)10-13-4-2-1-3-5-13/h1-9,11-12H,10H2,(H,23,26). The fourth-order valence-electron chi connectivity index (χ4n) is 2.97. The topological polar surface area (TPSA) is 107 Å². The molecule has 31 heavy (non-hydrogen) atoms. The first kappa shape index (κ1) is 20.6. The van der Waals surface area contributed by atoms with Crippen molar-refractivity contribution < 1.29 is 14.1 Å². The molecule has 1 amide bonds. The maximum atomic E-state index is 12.4. The molecule has 10 heteroatoms. The predicted molar refractivity (Wildman–Crippen MR) is 118 cm³/mol. The van der Waals surface area contributed by atoms with E-state index in [0.717, 1.165) is 21.6 Å². The van der Waals surface area contributed by atoms with Crippen LogP contribution < -0.4 is 10.3 Å². The van der Waals surface area contributed by atoms with Gasteiger partial charge in [-0.3, -0.25) is 25.1 Å². The van der Waals surface area contributed by atoms with Gasteiger partial charge in [-0.1, -0.05) is 53.3 Å². The normalized spacial score (nSPS) is 10.7. The third-order valence-corrected chi connectivity index (χ3v) is 5.46. The van der Waals surface area contributed by atoms with Gasteiger partial charge in [0, 0.05) is 23.1 Å². The van der Waals surface area contributed by atoms with Crippen molar-refractivity contribution in [3.8, 4) is 22.8 Å². The summed E-state index contributed by atoms with van der Waals surface area (Å²) < 4.78 is 6.97. The van der Waals surface area contributed by atoms with Gasteiger partial charge in [-0.25, -0.2) is 4.68 Å². The summed E-state index contributed by atoms with van der Waals surface area (Å²) in [5.74, 6) is 0.358. The van der Waals surface area contributed by atoms with Gasteiger partial charge in [0.1, 0.15) is 11.5 Å². The summed E-state index contributed by atoms with van der Waals surface area (Å²) >= 11 is 7.09. The van der Waals surface area contributed by atoms with Crippen LogP contribution in [-0.2, 0) is 11.2 Å². The fraction of sp³-hybridized carbons (Fsp3) is 0.0476. The minimum Gasteiger partial charge on any atom is -0.454 e. The second-order valence-electron chi connectivity index (χ2n) is 6.50. The molecule has 0 aliphatic heterocycles.